The van der Waals surface area contributed by atoms with E-state index in [1.165, 1.54) is 31.2 Å². The summed E-state index contributed by atoms with van der Waals surface area (Å²) in [7, 11) is 0. The molecule has 2 N–H and O–H groups in total. The summed E-state index contributed by atoms with van der Waals surface area (Å²) < 4.78 is 13.1. The number of nitrogens with one attached hydrogen (secondary N) is 2. The molecular formula is C22H24FN3O3. The molecule has 0 aliphatic carbocycles. The fourth-order valence-electron chi connectivity index (χ4n) is 3.39. The summed E-state index contributed by atoms with van der Waals surface area (Å²) in [6.07, 6.45) is 1.47. The average molecular weight is 397 g/mol. The van der Waals surface area contributed by atoms with E-state index in [0.717, 1.165) is 18.4 Å². The molecule has 1 atom stereocenters. The van der Waals surface area contributed by atoms with Crippen LogP contribution in [0.2, 0.25) is 0 Å². The average Bonchev–Trinajstić information content (AvgIpc) is 2.73. The lowest BCUT2D eigenvalue weighted by Crippen LogP contribution is -2.45. The minimum atomic E-state index is -0.387. The summed E-state index contributed by atoms with van der Waals surface area (Å²) in [6, 6.07) is 12.7. The summed E-state index contributed by atoms with van der Waals surface area (Å²) in [4.78, 5) is 37.9. The summed E-state index contributed by atoms with van der Waals surface area (Å²) in [6.45, 7) is 2.76. The highest BCUT2D eigenvalue weighted by atomic mass is 19.1. The number of hydrogen-bond acceptors (Lipinski definition) is 3. The second-order valence-electron chi connectivity index (χ2n) is 7.19. The van der Waals surface area contributed by atoms with Gasteiger partial charge in [0.05, 0.1) is 5.92 Å². The zero-order valence-electron chi connectivity index (χ0n) is 16.3. The van der Waals surface area contributed by atoms with E-state index in [0.29, 0.717) is 30.9 Å². The van der Waals surface area contributed by atoms with Gasteiger partial charge in [0.2, 0.25) is 11.8 Å². The van der Waals surface area contributed by atoms with Gasteiger partial charge in [-0.3, -0.25) is 14.4 Å². The monoisotopic (exact) mass is 397 g/mol. The SMILES string of the molecule is CC(=O)Nc1ccc(CNC(=O)C2CCCN(C(=O)c3ccc(F)cc3)C2)cc1. The number of anilines is 1. The van der Waals surface area contributed by atoms with Crippen LogP contribution in [0.25, 0.3) is 0 Å². The van der Waals surface area contributed by atoms with Crippen LogP contribution in [-0.4, -0.2) is 35.7 Å². The number of halogens is 1. The maximum absolute atomic E-state index is 13.1. The van der Waals surface area contributed by atoms with E-state index >= 15 is 0 Å². The highest BCUT2D eigenvalue weighted by molar-refractivity contribution is 5.94. The van der Waals surface area contributed by atoms with E-state index in [-0.39, 0.29) is 29.5 Å². The third kappa shape index (κ3) is 5.63. The Balaban J connectivity index is 1.53. The molecule has 1 unspecified atom stereocenters. The van der Waals surface area contributed by atoms with E-state index in [1.54, 1.807) is 17.0 Å². The summed E-state index contributed by atoms with van der Waals surface area (Å²) in [5, 5.41) is 5.62. The zero-order chi connectivity index (χ0) is 20.8. The molecule has 0 bridgehead atoms. The molecule has 7 heteroatoms. The molecule has 0 radical (unpaired) electrons. The third-order valence-electron chi connectivity index (χ3n) is 4.91. The Morgan fingerprint density at radius 1 is 1.07 bits per heavy atom. The lowest BCUT2D eigenvalue weighted by Gasteiger charge is -2.32. The topological polar surface area (TPSA) is 78.5 Å². The molecule has 152 valence electrons. The zero-order valence-corrected chi connectivity index (χ0v) is 16.3. The van der Waals surface area contributed by atoms with Crippen LogP contribution in [0, 0.1) is 11.7 Å². The normalized spacial score (nSPS) is 16.2. The van der Waals surface area contributed by atoms with Crippen LogP contribution in [-0.2, 0) is 16.1 Å². The predicted molar refractivity (Wildman–Crippen MR) is 108 cm³/mol. The van der Waals surface area contributed by atoms with Crippen LogP contribution in [0.3, 0.4) is 0 Å². The van der Waals surface area contributed by atoms with E-state index in [1.807, 2.05) is 12.1 Å². The van der Waals surface area contributed by atoms with Crippen LogP contribution < -0.4 is 10.6 Å². The van der Waals surface area contributed by atoms with Crippen molar-refractivity contribution in [3.05, 3.63) is 65.5 Å². The highest BCUT2D eigenvalue weighted by Crippen LogP contribution is 2.19. The van der Waals surface area contributed by atoms with Gasteiger partial charge in [-0.05, 0) is 54.8 Å². The van der Waals surface area contributed by atoms with Gasteiger partial charge in [-0.2, -0.15) is 0 Å². The number of benzene rings is 2. The van der Waals surface area contributed by atoms with Gasteiger partial charge >= 0.3 is 0 Å². The predicted octanol–water partition coefficient (Wildman–Crippen LogP) is 2.95. The van der Waals surface area contributed by atoms with Gasteiger partial charge in [0, 0.05) is 37.8 Å². The van der Waals surface area contributed by atoms with Crippen LogP contribution in [0.4, 0.5) is 10.1 Å². The molecule has 1 saturated heterocycles. The van der Waals surface area contributed by atoms with Crippen molar-refractivity contribution >= 4 is 23.4 Å². The van der Waals surface area contributed by atoms with Gasteiger partial charge in [-0.25, -0.2) is 4.39 Å². The van der Waals surface area contributed by atoms with Gasteiger partial charge in [0.25, 0.3) is 5.91 Å². The Kier molecular flexibility index (Phi) is 6.59. The Bertz CT molecular complexity index is 881. The lowest BCUT2D eigenvalue weighted by molar-refractivity contribution is -0.126. The molecule has 1 heterocycles. The van der Waals surface area contributed by atoms with E-state index < -0.39 is 0 Å². The number of nitrogens with zero attached hydrogens (tertiary/aromatic N) is 1. The van der Waals surface area contributed by atoms with E-state index in [9.17, 15) is 18.8 Å². The van der Waals surface area contributed by atoms with Gasteiger partial charge in [-0.15, -0.1) is 0 Å². The lowest BCUT2D eigenvalue weighted by atomic mass is 9.96. The number of piperidine rings is 1. The Labute approximate surface area is 169 Å². The number of likely N-dealkylation sites (tertiary alicyclic amines) is 1. The second kappa shape index (κ2) is 9.32. The first kappa shape index (κ1) is 20.5. The largest absolute Gasteiger partial charge is 0.352 e. The molecule has 1 aliphatic heterocycles. The molecule has 0 spiro atoms. The molecule has 2 aromatic rings. The van der Waals surface area contributed by atoms with Gasteiger partial charge in [0.15, 0.2) is 0 Å². The first-order valence-electron chi connectivity index (χ1n) is 9.61. The smallest absolute Gasteiger partial charge is 0.253 e. The van der Waals surface area contributed by atoms with E-state index in [4.69, 9.17) is 0 Å². The fraction of sp³-hybridized carbons (Fsp3) is 0.318. The summed E-state index contributed by atoms with van der Waals surface area (Å²) >= 11 is 0. The van der Waals surface area contributed by atoms with Crippen LogP contribution >= 0.6 is 0 Å². The second-order valence-corrected chi connectivity index (χ2v) is 7.19. The van der Waals surface area contributed by atoms with Gasteiger partial charge < -0.3 is 15.5 Å². The number of hydrogen-bond donors (Lipinski definition) is 2. The first-order chi connectivity index (χ1) is 13.9. The molecule has 0 saturated carbocycles. The molecule has 6 nitrogen and oxygen atoms in total. The van der Waals surface area contributed by atoms with Gasteiger partial charge in [-0.1, -0.05) is 12.1 Å². The maximum Gasteiger partial charge on any atom is 0.253 e. The number of rotatable bonds is 5. The van der Waals surface area contributed by atoms with Crippen molar-refractivity contribution in [2.45, 2.75) is 26.3 Å². The quantitative estimate of drug-likeness (QED) is 0.814. The Morgan fingerprint density at radius 2 is 1.76 bits per heavy atom. The first-order valence-corrected chi connectivity index (χ1v) is 9.61. The van der Waals surface area contributed by atoms with Crippen LogP contribution in [0.15, 0.2) is 48.5 Å². The molecule has 1 fully saturated rings. The van der Waals surface area contributed by atoms with Crippen molar-refractivity contribution in [2.75, 3.05) is 18.4 Å². The van der Waals surface area contributed by atoms with Crippen molar-refractivity contribution in [1.29, 1.82) is 0 Å². The summed E-state index contributed by atoms with van der Waals surface area (Å²) in [5.41, 5.74) is 2.05. The molecule has 3 rings (SSSR count). The molecule has 3 amide bonds. The minimum absolute atomic E-state index is 0.0902. The molecule has 0 aromatic heterocycles. The van der Waals surface area contributed by atoms with Crippen molar-refractivity contribution in [1.82, 2.24) is 10.2 Å². The van der Waals surface area contributed by atoms with Crippen molar-refractivity contribution in [2.24, 2.45) is 5.92 Å². The Morgan fingerprint density at radius 3 is 2.41 bits per heavy atom. The van der Waals surface area contributed by atoms with Crippen molar-refractivity contribution in [3.8, 4) is 0 Å². The van der Waals surface area contributed by atoms with Crippen molar-refractivity contribution in [3.63, 3.8) is 0 Å². The molecule has 2 aromatic carbocycles. The fourth-order valence-corrected chi connectivity index (χ4v) is 3.39. The number of carbonyl (C=O) groups excluding carboxylic acids is 3. The summed E-state index contributed by atoms with van der Waals surface area (Å²) in [5.74, 6) is -1.07. The van der Waals surface area contributed by atoms with Gasteiger partial charge in [0.1, 0.15) is 5.82 Å². The highest BCUT2D eigenvalue weighted by Gasteiger charge is 2.28. The number of carbonyl (C=O) groups is 3. The number of amides is 3. The third-order valence-corrected chi connectivity index (χ3v) is 4.91. The minimum Gasteiger partial charge on any atom is -0.352 e. The standard InChI is InChI=1S/C22H24FN3O3/c1-15(27)25-20-10-4-16(5-11-20)13-24-21(28)18-3-2-12-26(14-18)22(29)17-6-8-19(23)9-7-17/h4-11,18H,2-3,12-14H2,1H3,(H,24,28)(H,25,27). The van der Waals surface area contributed by atoms with Crippen LogP contribution in [0.5, 0.6) is 0 Å². The maximum atomic E-state index is 13.1. The molecular weight excluding hydrogens is 373 g/mol. The Hall–Kier alpha value is -3.22. The van der Waals surface area contributed by atoms with Crippen molar-refractivity contribution < 1.29 is 18.8 Å². The molecule has 1 aliphatic rings. The van der Waals surface area contributed by atoms with Crippen LogP contribution in [0.1, 0.15) is 35.7 Å². The molecule has 29 heavy (non-hydrogen) atoms. The van der Waals surface area contributed by atoms with E-state index in [2.05, 4.69) is 10.6 Å².